The van der Waals surface area contributed by atoms with Gasteiger partial charge < -0.3 is 14.5 Å². The minimum absolute atomic E-state index is 0.0714. The van der Waals surface area contributed by atoms with E-state index in [4.69, 9.17) is 4.74 Å². The maximum absolute atomic E-state index is 12.0. The fourth-order valence-electron chi connectivity index (χ4n) is 2.07. The number of pyridine rings is 1. The number of carbonyl (C=O) groups is 1. The first-order valence-corrected chi connectivity index (χ1v) is 7.61. The van der Waals surface area contributed by atoms with Crippen molar-refractivity contribution in [1.82, 2.24) is 9.88 Å². The molecule has 5 nitrogen and oxygen atoms in total. The normalized spacial score (nSPS) is 15.8. The number of aromatic nitrogens is 1. The molecule has 0 radical (unpaired) electrons. The minimum Gasteiger partial charge on any atom is -0.369 e. The van der Waals surface area contributed by atoms with Gasteiger partial charge in [0.2, 0.25) is 5.91 Å². The van der Waals surface area contributed by atoms with Gasteiger partial charge in [-0.3, -0.25) is 4.79 Å². The zero-order chi connectivity index (χ0) is 14.5. The first-order valence-electron chi connectivity index (χ1n) is 6.82. The zero-order valence-corrected chi connectivity index (χ0v) is 13.5. The van der Waals surface area contributed by atoms with Crippen LogP contribution in [-0.4, -0.2) is 54.7 Å². The minimum atomic E-state index is 0.0714. The molecule has 6 heteroatoms. The van der Waals surface area contributed by atoms with E-state index < -0.39 is 0 Å². The third kappa shape index (κ3) is 4.18. The summed E-state index contributed by atoms with van der Waals surface area (Å²) in [5.74, 6) is 1.03. The van der Waals surface area contributed by atoms with Gasteiger partial charge in [-0.2, -0.15) is 0 Å². The van der Waals surface area contributed by atoms with Gasteiger partial charge in [0.15, 0.2) is 0 Å². The second kappa shape index (κ2) is 7.04. The molecule has 0 N–H and O–H groups in total. The Kier molecular flexibility index (Phi) is 5.37. The second-order valence-electron chi connectivity index (χ2n) is 5.06. The van der Waals surface area contributed by atoms with Crippen LogP contribution in [0.15, 0.2) is 22.8 Å². The lowest BCUT2D eigenvalue weighted by atomic mass is 10.3. The van der Waals surface area contributed by atoms with Gasteiger partial charge in [0.05, 0.1) is 6.10 Å². The van der Waals surface area contributed by atoms with Crippen LogP contribution in [-0.2, 0) is 9.53 Å². The average molecular weight is 342 g/mol. The van der Waals surface area contributed by atoms with E-state index in [9.17, 15) is 4.79 Å². The Hall–Kier alpha value is -1.14. The highest BCUT2D eigenvalue weighted by Crippen LogP contribution is 2.16. The second-order valence-corrected chi connectivity index (χ2v) is 5.98. The van der Waals surface area contributed by atoms with Crippen molar-refractivity contribution < 1.29 is 9.53 Å². The maximum Gasteiger partial charge on any atom is 0.248 e. The summed E-state index contributed by atoms with van der Waals surface area (Å²) in [6.07, 6.45) is 1.88. The van der Waals surface area contributed by atoms with E-state index in [-0.39, 0.29) is 18.6 Å². The van der Waals surface area contributed by atoms with Crippen LogP contribution in [0.5, 0.6) is 0 Å². The number of hydrogen-bond acceptors (Lipinski definition) is 4. The molecule has 1 aromatic rings. The van der Waals surface area contributed by atoms with Crippen molar-refractivity contribution in [2.45, 2.75) is 20.0 Å². The summed E-state index contributed by atoms with van der Waals surface area (Å²) in [7, 11) is 0. The van der Waals surface area contributed by atoms with E-state index in [0.717, 1.165) is 36.5 Å². The number of anilines is 1. The standard InChI is InChI=1S/C14H20BrN3O2/c1-11(2)20-10-14(19)18-7-5-17(6-8-18)13-4-3-12(15)9-16-13/h3-4,9,11H,5-8,10H2,1-2H3. The van der Waals surface area contributed by atoms with Crippen LogP contribution in [0, 0.1) is 0 Å². The molecule has 0 unspecified atom stereocenters. The van der Waals surface area contributed by atoms with E-state index in [0.29, 0.717) is 0 Å². The summed E-state index contributed by atoms with van der Waals surface area (Å²) in [5, 5.41) is 0. The summed E-state index contributed by atoms with van der Waals surface area (Å²) in [6, 6.07) is 3.97. The molecular formula is C14H20BrN3O2. The number of ether oxygens (including phenoxy) is 1. The molecule has 1 fully saturated rings. The fraction of sp³-hybridized carbons (Fsp3) is 0.571. The first-order chi connectivity index (χ1) is 9.56. The van der Waals surface area contributed by atoms with E-state index in [2.05, 4.69) is 25.8 Å². The van der Waals surface area contributed by atoms with E-state index in [1.807, 2.05) is 30.9 Å². The highest BCUT2D eigenvalue weighted by Gasteiger charge is 2.21. The summed E-state index contributed by atoms with van der Waals surface area (Å²) in [5.41, 5.74) is 0. The van der Waals surface area contributed by atoms with Gasteiger partial charge >= 0.3 is 0 Å². The van der Waals surface area contributed by atoms with Crippen LogP contribution >= 0.6 is 15.9 Å². The van der Waals surface area contributed by atoms with Crippen LogP contribution in [0.1, 0.15) is 13.8 Å². The zero-order valence-electron chi connectivity index (χ0n) is 11.9. The van der Waals surface area contributed by atoms with Crippen LogP contribution in [0.4, 0.5) is 5.82 Å². The molecule has 2 rings (SSSR count). The van der Waals surface area contributed by atoms with Crippen molar-refractivity contribution in [2.75, 3.05) is 37.7 Å². The van der Waals surface area contributed by atoms with Crippen molar-refractivity contribution in [3.63, 3.8) is 0 Å². The highest BCUT2D eigenvalue weighted by atomic mass is 79.9. The Bertz CT molecular complexity index is 442. The molecule has 1 aliphatic rings. The van der Waals surface area contributed by atoms with Gasteiger partial charge in [-0.25, -0.2) is 4.98 Å². The van der Waals surface area contributed by atoms with Crippen molar-refractivity contribution in [3.05, 3.63) is 22.8 Å². The molecule has 20 heavy (non-hydrogen) atoms. The van der Waals surface area contributed by atoms with Gasteiger partial charge in [0, 0.05) is 36.8 Å². The van der Waals surface area contributed by atoms with Crippen molar-refractivity contribution in [2.24, 2.45) is 0 Å². The largest absolute Gasteiger partial charge is 0.369 e. The average Bonchev–Trinajstić information content (AvgIpc) is 2.46. The lowest BCUT2D eigenvalue weighted by Crippen LogP contribution is -2.50. The Morgan fingerprint density at radius 2 is 2.05 bits per heavy atom. The Morgan fingerprint density at radius 1 is 1.35 bits per heavy atom. The van der Waals surface area contributed by atoms with Crippen molar-refractivity contribution in [1.29, 1.82) is 0 Å². The highest BCUT2D eigenvalue weighted by molar-refractivity contribution is 9.10. The van der Waals surface area contributed by atoms with Gasteiger partial charge in [-0.05, 0) is 41.9 Å². The summed E-state index contributed by atoms with van der Waals surface area (Å²) < 4.78 is 6.33. The maximum atomic E-state index is 12.0. The van der Waals surface area contributed by atoms with E-state index in [1.54, 1.807) is 6.20 Å². The molecule has 0 spiro atoms. The molecule has 0 aromatic carbocycles. The lowest BCUT2D eigenvalue weighted by molar-refractivity contribution is -0.137. The third-order valence-corrected chi connectivity index (χ3v) is 3.68. The van der Waals surface area contributed by atoms with Gasteiger partial charge in [-0.1, -0.05) is 0 Å². The van der Waals surface area contributed by atoms with Gasteiger partial charge in [-0.15, -0.1) is 0 Å². The number of piperazine rings is 1. The number of halogens is 1. The molecule has 0 atom stereocenters. The van der Waals surface area contributed by atoms with Gasteiger partial charge in [0.1, 0.15) is 12.4 Å². The quantitative estimate of drug-likeness (QED) is 0.839. The molecule has 1 aromatic heterocycles. The van der Waals surface area contributed by atoms with E-state index in [1.165, 1.54) is 0 Å². The third-order valence-electron chi connectivity index (χ3n) is 3.21. The molecule has 1 saturated heterocycles. The number of amides is 1. The molecule has 0 aliphatic carbocycles. The van der Waals surface area contributed by atoms with Crippen LogP contribution in [0.25, 0.3) is 0 Å². The molecule has 2 heterocycles. The topological polar surface area (TPSA) is 45.7 Å². The smallest absolute Gasteiger partial charge is 0.248 e. The number of carbonyl (C=O) groups excluding carboxylic acids is 1. The molecule has 0 bridgehead atoms. The van der Waals surface area contributed by atoms with Crippen molar-refractivity contribution >= 4 is 27.7 Å². The molecule has 110 valence electrons. The number of hydrogen-bond donors (Lipinski definition) is 0. The molecular weight excluding hydrogens is 322 g/mol. The number of nitrogens with zero attached hydrogens (tertiary/aromatic N) is 3. The molecule has 1 amide bonds. The van der Waals surface area contributed by atoms with Crippen molar-refractivity contribution in [3.8, 4) is 0 Å². The monoisotopic (exact) mass is 341 g/mol. The van der Waals surface area contributed by atoms with E-state index >= 15 is 0 Å². The summed E-state index contributed by atoms with van der Waals surface area (Å²) in [6.45, 7) is 7.10. The molecule has 1 aliphatic heterocycles. The van der Waals surface area contributed by atoms with Crippen LogP contribution in [0.3, 0.4) is 0 Å². The lowest BCUT2D eigenvalue weighted by Gasteiger charge is -2.35. The Labute approximate surface area is 128 Å². The Balaban J connectivity index is 1.83. The van der Waals surface area contributed by atoms with Crippen LogP contribution in [0.2, 0.25) is 0 Å². The Morgan fingerprint density at radius 3 is 2.60 bits per heavy atom. The predicted molar refractivity (Wildman–Crippen MR) is 81.8 cm³/mol. The number of rotatable bonds is 4. The predicted octanol–water partition coefficient (Wildman–Crippen LogP) is 1.92. The van der Waals surface area contributed by atoms with Crippen LogP contribution < -0.4 is 4.90 Å². The summed E-state index contributed by atoms with van der Waals surface area (Å²) >= 11 is 3.38. The first kappa shape index (κ1) is 15.3. The summed E-state index contributed by atoms with van der Waals surface area (Å²) in [4.78, 5) is 20.4. The fourth-order valence-corrected chi connectivity index (χ4v) is 2.30. The SMILES string of the molecule is CC(C)OCC(=O)N1CCN(c2ccc(Br)cn2)CC1. The van der Waals surface area contributed by atoms with Gasteiger partial charge in [0.25, 0.3) is 0 Å². The molecule has 0 saturated carbocycles.